The summed E-state index contributed by atoms with van der Waals surface area (Å²) < 4.78 is 14.0. The van der Waals surface area contributed by atoms with E-state index in [0.29, 0.717) is 30.2 Å². The average Bonchev–Trinajstić information content (AvgIpc) is 1.10. The summed E-state index contributed by atoms with van der Waals surface area (Å²) in [6.07, 6.45) is 39.5. The monoisotopic (exact) mass is 1780 g/mol. The van der Waals surface area contributed by atoms with E-state index in [2.05, 4.69) is 358 Å². The van der Waals surface area contributed by atoms with E-state index in [0.717, 1.165) is 44.3 Å². The molecule has 7 aliphatic heterocycles. The van der Waals surface area contributed by atoms with Gasteiger partial charge in [-0.1, -0.05) is 224 Å². The van der Waals surface area contributed by atoms with Gasteiger partial charge in [0.05, 0.1) is 112 Å². The van der Waals surface area contributed by atoms with Crippen LogP contribution in [0.15, 0.2) is 171 Å². The van der Waals surface area contributed by atoms with Crippen molar-refractivity contribution in [2.24, 2.45) is 41.5 Å². The van der Waals surface area contributed by atoms with Crippen LogP contribution >= 0.6 is 45.3 Å². The molecule has 15 aromatic rings. The number of nitrogens with zero attached hydrogens (tertiary/aromatic N) is 16. The summed E-state index contributed by atoms with van der Waals surface area (Å²) in [7, 11) is 2.09. The highest BCUT2D eigenvalue weighted by atomic mass is 32.1. The predicted octanol–water partition coefficient (Wildman–Crippen LogP) is 27.3. The number of imidazole rings is 6. The molecule has 0 N–H and O–H groups in total. The Bertz CT molecular complexity index is 6730. The van der Waals surface area contributed by atoms with E-state index in [1.54, 1.807) is 10.6 Å². The van der Waals surface area contributed by atoms with Crippen molar-refractivity contribution in [1.29, 1.82) is 0 Å². The Labute approximate surface area is 772 Å². The standard InChI is InChI=1S/C24H27N3S.2C22H27N3S.C20H24N4.C20H23N3S/c1-14-5-3-4-6-20(14)27-15(2)21-22(26-8-7-25-23(26)28-21)24(27)18-10-16-9-17(12-18)13-19(24)11-16;2*1-13-9-8-10-15-16(13)25-14(2)17-18(24-12-11-23-19(24)26-17)22(25,7)21(5,6)20(15,3)4;1-14-8-4-5-9-16(14)24-15(2)17-18(20(24)10-6-7-11-20)23-13-12-22(3)19(23)21-17;1-14-8-4-5-9-16(14)23-15(2)17-18(20(23)10-6-3-7-11-20)22-13-12-21-19(22)24-17/h3-8,15-19H,9-13H2,1-2H3;2*8-12,14H,1-7H3;4-5,8-9,12-13,15H,6-7,10-11H2,1-3H3;4-5,8-9,12-13,15H,3,6-7,10-11H2,1-2H3. The lowest BCUT2D eigenvalue weighted by Crippen LogP contribution is -2.62. The van der Waals surface area contributed by atoms with Crippen LogP contribution in [0.25, 0.3) is 25.6 Å². The van der Waals surface area contributed by atoms with E-state index < -0.39 is 0 Å². The minimum atomic E-state index is -0.0939. The number of aromatic nitrogens is 11. The summed E-state index contributed by atoms with van der Waals surface area (Å²) in [4.78, 5) is 47.8. The van der Waals surface area contributed by atoms with Gasteiger partial charge in [0.2, 0.25) is 5.78 Å². The molecule has 0 saturated heterocycles. The van der Waals surface area contributed by atoms with Gasteiger partial charge in [-0.05, 0) is 233 Å². The highest BCUT2D eigenvalue weighted by molar-refractivity contribution is 7.18. The van der Waals surface area contributed by atoms with Crippen molar-refractivity contribution in [2.45, 2.75) is 297 Å². The van der Waals surface area contributed by atoms with E-state index in [1.165, 1.54) is 205 Å². The van der Waals surface area contributed by atoms with Gasteiger partial charge >= 0.3 is 0 Å². The fourth-order valence-electron chi connectivity index (χ4n) is 29.3. The Morgan fingerprint density at radius 2 is 0.688 bits per heavy atom. The molecule has 16 nitrogen and oxygen atoms in total. The number of hydrogen-bond donors (Lipinski definition) is 0. The van der Waals surface area contributed by atoms with Gasteiger partial charge in [0.25, 0.3) is 0 Å². The van der Waals surface area contributed by atoms with Gasteiger partial charge in [0.15, 0.2) is 19.8 Å². The molecular formula is C108H128N16S4. The van der Waals surface area contributed by atoms with Crippen LogP contribution in [0.3, 0.4) is 0 Å². The summed E-state index contributed by atoms with van der Waals surface area (Å²) in [5, 5.41) is 0. The molecule has 17 heterocycles. The Morgan fingerprint density at radius 3 is 1.12 bits per heavy atom. The molecule has 664 valence electrons. The Morgan fingerprint density at radius 1 is 0.336 bits per heavy atom. The maximum Gasteiger partial charge on any atom is 0.214 e. The summed E-state index contributed by atoms with van der Waals surface area (Å²) in [6, 6.07) is 42.3. The van der Waals surface area contributed by atoms with Crippen molar-refractivity contribution in [2.75, 3.05) is 24.5 Å². The first-order valence-electron chi connectivity index (χ1n) is 48.0. The normalized spacial score (nSPS) is 28.1. The van der Waals surface area contributed by atoms with Crippen molar-refractivity contribution in [3.05, 3.63) is 264 Å². The van der Waals surface area contributed by atoms with Crippen LogP contribution in [0.2, 0.25) is 0 Å². The highest BCUT2D eigenvalue weighted by Gasteiger charge is 2.70. The lowest BCUT2D eigenvalue weighted by Gasteiger charge is -2.63. The second-order valence-corrected chi connectivity index (χ2v) is 47.2. The summed E-state index contributed by atoms with van der Waals surface area (Å²) in [5.74, 6) is 4.59. The molecule has 4 bridgehead atoms. The molecule has 6 fully saturated rings. The third kappa shape index (κ3) is 10.6. The number of hydrogen-bond acceptors (Lipinski definition) is 14. The molecule has 20 heteroatoms. The number of benzene rings is 5. The van der Waals surface area contributed by atoms with Crippen LogP contribution < -0.4 is 24.5 Å². The highest BCUT2D eigenvalue weighted by Crippen LogP contribution is 2.73. The van der Waals surface area contributed by atoms with Gasteiger partial charge in [-0.15, -0.1) is 0 Å². The number of rotatable bonds is 3. The van der Waals surface area contributed by atoms with Crippen molar-refractivity contribution >= 4 is 99.4 Å². The van der Waals surface area contributed by atoms with Crippen molar-refractivity contribution < 1.29 is 0 Å². The molecule has 6 aliphatic carbocycles. The number of fused-ring (bicyclic) bond motifs is 25. The quantitative estimate of drug-likeness (QED) is 0.170. The van der Waals surface area contributed by atoms with Crippen molar-refractivity contribution in [3.8, 4) is 0 Å². The van der Waals surface area contributed by atoms with Gasteiger partial charge in [-0.25, -0.2) is 24.9 Å². The zero-order valence-corrected chi connectivity index (χ0v) is 82.3. The van der Waals surface area contributed by atoms with E-state index in [-0.39, 0.29) is 49.4 Å². The summed E-state index contributed by atoms with van der Waals surface area (Å²) >= 11 is 7.53. The van der Waals surface area contributed by atoms with E-state index in [1.807, 2.05) is 70.1 Å². The van der Waals surface area contributed by atoms with E-state index >= 15 is 0 Å². The number of aryl methyl sites for hydroxylation is 6. The Balaban J connectivity index is 0.0000000917. The van der Waals surface area contributed by atoms with E-state index in [4.69, 9.17) is 9.97 Å². The molecule has 128 heavy (non-hydrogen) atoms. The zero-order chi connectivity index (χ0) is 88.7. The van der Waals surface area contributed by atoms with Gasteiger partial charge < -0.3 is 29.1 Å². The molecule has 28 rings (SSSR count). The second kappa shape index (κ2) is 28.5. The first-order chi connectivity index (χ1) is 61.3. The average molecular weight is 1780 g/mol. The van der Waals surface area contributed by atoms with Crippen molar-refractivity contribution in [3.63, 3.8) is 0 Å². The second-order valence-electron chi connectivity index (χ2n) is 43.1. The molecule has 13 aliphatic rings. The number of thiazole rings is 4. The molecule has 10 aromatic heterocycles. The van der Waals surface area contributed by atoms with Crippen LogP contribution in [-0.2, 0) is 45.6 Å². The third-order valence-corrected chi connectivity index (χ3v) is 41.6. The lowest BCUT2D eigenvalue weighted by atomic mass is 9.47. The Kier molecular flexibility index (Phi) is 18.5. The molecule has 6 saturated carbocycles. The zero-order valence-electron chi connectivity index (χ0n) is 79.0. The van der Waals surface area contributed by atoms with Gasteiger partial charge in [-0.3, -0.25) is 22.0 Å². The molecule has 7 unspecified atom stereocenters. The largest absolute Gasteiger partial charge is 0.352 e. The topological polar surface area (TPSA) is 108 Å². The maximum atomic E-state index is 5.04. The van der Waals surface area contributed by atoms with Crippen LogP contribution in [0.5, 0.6) is 0 Å². The maximum absolute atomic E-state index is 5.04. The molecule has 5 aromatic carbocycles. The minimum Gasteiger partial charge on any atom is -0.352 e. The number of para-hydroxylation sites is 5. The SMILES string of the molecule is Cc1cccc2c1N1C(C)c3sc4nccn4c3C1(C)C(C)(C)C2(C)C.Cc1cccc2c1N1C(C)c3sc4nccn4c3C1(C)C(C)(C)C2(C)C.Cc1ccccc1N1C(C)c2nc3n(C)ccn3c2C12CCCC2.Cc1ccccc1N1C(C)c2sc3nccn3c2C12C1CC3CC(C1)CC2C3.Cc1ccccc1N1C(C)c2sc3nccn3c2C12CCCCC2. The van der Waals surface area contributed by atoms with E-state index in [9.17, 15) is 0 Å². The van der Waals surface area contributed by atoms with Crippen molar-refractivity contribution in [1.82, 2.24) is 51.5 Å². The molecule has 0 amide bonds. The van der Waals surface area contributed by atoms with Crippen LogP contribution in [0, 0.1) is 69.1 Å². The fourth-order valence-corrected chi connectivity index (χ4v) is 34.2. The third-order valence-electron chi connectivity index (χ3n) is 36.6. The first kappa shape index (κ1) is 82.9. The Hall–Kier alpha value is -9.47. The van der Waals surface area contributed by atoms with Crippen LogP contribution in [-0.4, -0.2) is 51.5 Å². The predicted molar refractivity (Wildman–Crippen MR) is 529 cm³/mol. The smallest absolute Gasteiger partial charge is 0.214 e. The van der Waals surface area contributed by atoms with Gasteiger partial charge in [-0.2, -0.15) is 0 Å². The summed E-state index contributed by atoms with van der Waals surface area (Å²) in [5.41, 5.74) is 26.1. The first-order valence-corrected chi connectivity index (χ1v) is 51.3. The van der Waals surface area contributed by atoms with Crippen LogP contribution in [0.1, 0.15) is 317 Å². The summed E-state index contributed by atoms with van der Waals surface area (Å²) in [6.45, 7) is 47.6. The fraction of sp³-hybridized carbons (Fsp3) is 0.491. The molecule has 7 atom stereocenters. The van der Waals surface area contributed by atoms with Gasteiger partial charge in [0.1, 0.15) is 0 Å². The molecule has 0 radical (unpaired) electrons. The van der Waals surface area contributed by atoms with Gasteiger partial charge in [0, 0.05) is 108 Å². The minimum absolute atomic E-state index is 0.0403. The lowest BCUT2D eigenvalue weighted by molar-refractivity contribution is -0.0623. The molecular weight excluding hydrogens is 1650 g/mol. The number of anilines is 5. The molecule has 3 spiro atoms. The van der Waals surface area contributed by atoms with Crippen LogP contribution in [0.4, 0.5) is 28.4 Å².